The van der Waals surface area contributed by atoms with Crippen molar-refractivity contribution in [1.82, 2.24) is 5.32 Å². The quantitative estimate of drug-likeness (QED) is 0.886. The molecule has 96 valence electrons. The number of hydrogen-bond donors (Lipinski definition) is 1. The van der Waals surface area contributed by atoms with E-state index in [0.717, 1.165) is 31.7 Å². The van der Waals surface area contributed by atoms with Gasteiger partial charge in [-0.1, -0.05) is 6.07 Å². The van der Waals surface area contributed by atoms with Gasteiger partial charge in [0.2, 0.25) is 5.91 Å². The summed E-state index contributed by atoms with van der Waals surface area (Å²) in [5, 5.41) is 2.89. The Kier molecular flexibility index (Phi) is 2.98. The zero-order valence-corrected chi connectivity index (χ0v) is 10.8. The van der Waals surface area contributed by atoms with Crippen LogP contribution in [0.2, 0.25) is 0 Å². The first-order valence-corrected chi connectivity index (χ1v) is 6.77. The second kappa shape index (κ2) is 4.63. The third kappa shape index (κ3) is 2.09. The van der Waals surface area contributed by atoms with Crippen molar-refractivity contribution in [2.24, 2.45) is 0 Å². The number of rotatable bonds is 3. The highest BCUT2D eigenvalue weighted by Gasteiger charge is 2.25. The smallest absolute Gasteiger partial charge is 0.216 e. The van der Waals surface area contributed by atoms with Crippen LogP contribution in [0.5, 0.6) is 5.75 Å². The molecule has 3 rings (SSSR count). The van der Waals surface area contributed by atoms with E-state index >= 15 is 0 Å². The molecule has 0 spiro atoms. The minimum Gasteiger partial charge on any atom is -0.493 e. The van der Waals surface area contributed by atoms with Crippen LogP contribution >= 0.6 is 0 Å². The molecule has 1 aliphatic heterocycles. The van der Waals surface area contributed by atoms with Crippen LogP contribution in [0.4, 0.5) is 0 Å². The fourth-order valence-corrected chi connectivity index (χ4v) is 3.10. The van der Waals surface area contributed by atoms with Gasteiger partial charge in [-0.25, -0.2) is 0 Å². The van der Waals surface area contributed by atoms with Crippen molar-refractivity contribution in [3.8, 4) is 5.75 Å². The molecule has 1 amide bonds. The van der Waals surface area contributed by atoms with Crippen LogP contribution in [0.3, 0.4) is 0 Å². The van der Waals surface area contributed by atoms with Crippen molar-refractivity contribution in [2.75, 3.05) is 13.2 Å². The number of carbonyl (C=O) groups excluding carboxylic acids is 1. The summed E-state index contributed by atoms with van der Waals surface area (Å²) < 4.78 is 5.65. The molecule has 1 heterocycles. The van der Waals surface area contributed by atoms with Gasteiger partial charge in [-0.15, -0.1) is 0 Å². The Hall–Kier alpha value is -1.51. The van der Waals surface area contributed by atoms with Crippen molar-refractivity contribution in [3.05, 3.63) is 28.8 Å². The highest BCUT2D eigenvalue weighted by atomic mass is 16.5. The van der Waals surface area contributed by atoms with E-state index in [1.54, 1.807) is 6.92 Å². The maximum absolute atomic E-state index is 10.9. The lowest BCUT2D eigenvalue weighted by atomic mass is 9.96. The van der Waals surface area contributed by atoms with E-state index < -0.39 is 0 Å². The average Bonchev–Trinajstić information content (AvgIpc) is 2.92. The third-order valence-electron chi connectivity index (χ3n) is 4.02. The molecular formula is C15H19NO2. The Balaban J connectivity index is 1.73. The maximum Gasteiger partial charge on any atom is 0.216 e. The van der Waals surface area contributed by atoms with E-state index in [2.05, 4.69) is 17.4 Å². The molecule has 1 N–H and O–H groups in total. The largest absolute Gasteiger partial charge is 0.493 e. The number of benzene rings is 1. The summed E-state index contributed by atoms with van der Waals surface area (Å²) >= 11 is 0. The number of ether oxygens (including phenoxy) is 1. The van der Waals surface area contributed by atoms with Gasteiger partial charge in [-0.05, 0) is 47.9 Å². The summed E-state index contributed by atoms with van der Waals surface area (Å²) in [5.74, 6) is 1.73. The first-order valence-electron chi connectivity index (χ1n) is 6.77. The van der Waals surface area contributed by atoms with Gasteiger partial charge in [0.05, 0.1) is 6.61 Å². The Bertz CT molecular complexity index is 482. The summed E-state index contributed by atoms with van der Waals surface area (Å²) in [6.07, 6.45) is 4.47. The SMILES string of the molecule is CC(=O)NCC[C@@H]1CCc2cc3c(cc21)OCC3. The molecule has 0 bridgehead atoms. The van der Waals surface area contributed by atoms with Crippen LogP contribution in [0.1, 0.15) is 42.4 Å². The Morgan fingerprint density at radius 3 is 3.11 bits per heavy atom. The Morgan fingerprint density at radius 1 is 1.39 bits per heavy atom. The van der Waals surface area contributed by atoms with E-state index in [4.69, 9.17) is 4.74 Å². The fourth-order valence-electron chi connectivity index (χ4n) is 3.10. The predicted molar refractivity (Wildman–Crippen MR) is 70.0 cm³/mol. The van der Waals surface area contributed by atoms with E-state index in [-0.39, 0.29) is 5.91 Å². The monoisotopic (exact) mass is 245 g/mol. The van der Waals surface area contributed by atoms with Gasteiger partial charge in [0.1, 0.15) is 5.75 Å². The number of amides is 1. The molecule has 1 aliphatic carbocycles. The molecule has 0 fully saturated rings. The number of hydrogen-bond acceptors (Lipinski definition) is 2. The molecule has 0 radical (unpaired) electrons. The summed E-state index contributed by atoms with van der Waals surface area (Å²) in [4.78, 5) is 10.9. The summed E-state index contributed by atoms with van der Waals surface area (Å²) in [6, 6.07) is 4.57. The normalized spacial score (nSPS) is 20.2. The van der Waals surface area contributed by atoms with Gasteiger partial charge in [-0.3, -0.25) is 4.79 Å². The molecule has 3 heteroatoms. The fraction of sp³-hybridized carbons (Fsp3) is 0.533. The first-order chi connectivity index (χ1) is 8.74. The lowest BCUT2D eigenvalue weighted by Crippen LogP contribution is -2.22. The Morgan fingerprint density at radius 2 is 2.28 bits per heavy atom. The molecule has 1 aromatic rings. The molecule has 3 nitrogen and oxygen atoms in total. The molecule has 1 atom stereocenters. The van der Waals surface area contributed by atoms with Crippen LogP contribution in [0.15, 0.2) is 12.1 Å². The summed E-state index contributed by atoms with van der Waals surface area (Å²) in [5.41, 5.74) is 4.31. The van der Waals surface area contributed by atoms with E-state index in [9.17, 15) is 4.79 Å². The number of carbonyl (C=O) groups is 1. The average molecular weight is 245 g/mol. The van der Waals surface area contributed by atoms with Gasteiger partial charge in [0.15, 0.2) is 0 Å². The zero-order valence-electron chi connectivity index (χ0n) is 10.8. The van der Waals surface area contributed by atoms with Crippen molar-refractivity contribution >= 4 is 5.91 Å². The van der Waals surface area contributed by atoms with Crippen molar-refractivity contribution < 1.29 is 9.53 Å². The third-order valence-corrected chi connectivity index (χ3v) is 4.02. The van der Waals surface area contributed by atoms with Crippen molar-refractivity contribution in [3.63, 3.8) is 0 Å². The van der Waals surface area contributed by atoms with Crippen molar-refractivity contribution in [2.45, 2.75) is 38.5 Å². The summed E-state index contributed by atoms with van der Waals surface area (Å²) in [7, 11) is 0. The minimum absolute atomic E-state index is 0.0607. The molecule has 1 aromatic carbocycles. The summed E-state index contributed by atoms with van der Waals surface area (Å²) in [6.45, 7) is 3.18. The van der Waals surface area contributed by atoms with E-state index in [1.165, 1.54) is 29.5 Å². The second-order valence-electron chi connectivity index (χ2n) is 5.26. The number of fused-ring (bicyclic) bond motifs is 2. The highest BCUT2D eigenvalue weighted by Crippen LogP contribution is 2.40. The van der Waals surface area contributed by atoms with Crippen LogP contribution in [0, 0.1) is 0 Å². The van der Waals surface area contributed by atoms with Crippen LogP contribution in [-0.2, 0) is 17.6 Å². The van der Waals surface area contributed by atoms with Gasteiger partial charge in [0, 0.05) is 19.9 Å². The number of nitrogens with one attached hydrogen (secondary N) is 1. The lowest BCUT2D eigenvalue weighted by molar-refractivity contribution is -0.118. The van der Waals surface area contributed by atoms with Crippen molar-refractivity contribution in [1.29, 1.82) is 0 Å². The number of aryl methyl sites for hydroxylation is 1. The zero-order chi connectivity index (χ0) is 12.5. The van der Waals surface area contributed by atoms with Gasteiger partial charge < -0.3 is 10.1 Å². The highest BCUT2D eigenvalue weighted by molar-refractivity contribution is 5.72. The van der Waals surface area contributed by atoms with E-state index in [0.29, 0.717) is 5.92 Å². The molecule has 0 unspecified atom stereocenters. The standard InChI is InChI=1S/C15H19NO2/c1-10(17)16-6-4-11-2-3-12-8-13-5-7-18-15(13)9-14(11)12/h8-9,11H,2-7H2,1H3,(H,16,17)/t11-/m0/s1. The maximum atomic E-state index is 10.9. The first kappa shape index (κ1) is 11.6. The van der Waals surface area contributed by atoms with Gasteiger partial charge in [-0.2, -0.15) is 0 Å². The van der Waals surface area contributed by atoms with Gasteiger partial charge in [0.25, 0.3) is 0 Å². The molecular weight excluding hydrogens is 226 g/mol. The molecule has 18 heavy (non-hydrogen) atoms. The molecule has 0 aromatic heterocycles. The van der Waals surface area contributed by atoms with E-state index in [1.807, 2.05) is 0 Å². The Labute approximate surface area is 108 Å². The van der Waals surface area contributed by atoms with Crippen LogP contribution in [-0.4, -0.2) is 19.1 Å². The van der Waals surface area contributed by atoms with Crippen LogP contribution < -0.4 is 10.1 Å². The predicted octanol–water partition coefficient (Wildman–Crippen LogP) is 2.18. The minimum atomic E-state index is 0.0607. The van der Waals surface area contributed by atoms with Gasteiger partial charge >= 0.3 is 0 Å². The topological polar surface area (TPSA) is 38.3 Å². The van der Waals surface area contributed by atoms with Crippen LogP contribution in [0.25, 0.3) is 0 Å². The molecule has 0 saturated carbocycles. The lowest BCUT2D eigenvalue weighted by Gasteiger charge is -2.12. The molecule has 2 aliphatic rings. The molecule has 0 saturated heterocycles. The second-order valence-corrected chi connectivity index (χ2v) is 5.26.